The van der Waals surface area contributed by atoms with E-state index in [1.54, 1.807) is 0 Å². The standard InChI is InChI=1S/C18H25N3O2S/c1-24(22,23)21-11-8-18(7-10-19,9-12-21)14-20-17-13-16(17)15-5-3-2-4-6-15/h2-6,16-17,20H,7-9,11-14H2,1H3/t16-,17+/m0/s1. The molecule has 2 atom stereocenters. The van der Waals surface area contributed by atoms with Crippen molar-refractivity contribution in [2.24, 2.45) is 5.41 Å². The van der Waals surface area contributed by atoms with E-state index in [0.717, 1.165) is 25.8 Å². The highest BCUT2D eigenvalue weighted by molar-refractivity contribution is 7.88. The van der Waals surface area contributed by atoms with E-state index in [0.29, 0.717) is 31.5 Å². The number of nitriles is 1. The number of nitrogens with one attached hydrogen (secondary N) is 1. The van der Waals surface area contributed by atoms with Gasteiger partial charge in [0.1, 0.15) is 0 Å². The average molecular weight is 347 g/mol. The van der Waals surface area contributed by atoms with E-state index in [2.05, 4.69) is 35.7 Å². The van der Waals surface area contributed by atoms with E-state index >= 15 is 0 Å². The van der Waals surface area contributed by atoms with Gasteiger partial charge in [0.25, 0.3) is 0 Å². The van der Waals surface area contributed by atoms with Crippen molar-refractivity contribution in [1.29, 1.82) is 5.26 Å². The van der Waals surface area contributed by atoms with Crippen LogP contribution in [0.5, 0.6) is 0 Å². The van der Waals surface area contributed by atoms with Crippen LogP contribution in [-0.2, 0) is 10.0 Å². The molecule has 1 heterocycles. The molecular weight excluding hydrogens is 322 g/mol. The van der Waals surface area contributed by atoms with Gasteiger partial charge in [-0.25, -0.2) is 12.7 Å². The number of sulfonamides is 1. The van der Waals surface area contributed by atoms with Gasteiger partial charge in [-0.2, -0.15) is 5.26 Å². The third kappa shape index (κ3) is 3.97. The minimum atomic E-state index is -3.12. The van der Waals surface area contributed by atoms with Gasteiger partial charge in [0, 0.05) is 38.0 Å². The molecule has 1 N–H and O–H groups in total. The lowest BCUT2D eigenvalue weighted by Gasteiger charge is -2.40. The molecule has 1 aliphatic heterocycles. The Morgan fingerprint density at radius 3 is 2.54 bits per heavy atom. The van der Waals surface area contributed by atoms with Crippen LogP contribution in [0.2, 0.25) is 0 Å². The fourth-order valence-electron chi connectivity index (χ4n) is 3.71. The highest BCUT2D eigenvalue weighted by Crippen LogP contribution is 2.42. The second kappa shape index (κ2) is 6.83. The van der Waals surface area contributed by atoms with Crippen molar-refractivity contribution in [2.75, 3.05) is 25.9 Å². The van der Waals surface area contributed by atoms with E-state index in [-0.39, 0.29) is 5.41 Å². The third-order valence-electron chi connectivity index (χ3n) is 5.46. The summed E-state index contributed by atoms with van der Waals surface area (Å²) >= 11 is 0. The van der Waals surface area contributed by atoms with Gasteiger partial charge in [-0.15, -0.1) is 0 Å². The summed E-state index contributed by atoms with van der Waals surface area (Å²) in [5, 5.41) is 12.8. The number of rotatable bonds is 6. The highest BCUT2D eigenvalue weighted by atomic mass is 32.2. The molecule has 1 aromatic carbocycles. The summed E-state index contributed by atoms with van der Waals surface area (Å²) in [5.74, 6) is 0.571. The lowest BCUT2D eigenvalue weighted by molar-refractivity contribution is 0.153. The molecule has 0 unspecified atom stereocenters. The first kappa shape index (κ1) is 17.4. The molecule has 5 nitrogen and oxygen atoms in total. The number of piperidine rings is 1. The lowest BCUT2D eigenvalue weighted by atomic mass is 9.76. The highest BCUT2D eigenvalue weighted by Gasteiger charge is 2.42. The number of hydrogen-bond acceptors (Lipinski definition) is 4. The number of hydrogen-bond donors (Lipinski definition) is 1. The Bertz CT molecular complexity index is 704. The maximum Gasteiger partial charge on any atom is 0.211 e. The van der Waals surface area contributed by atoms with Gasteiger partial charge in [-0.05, 0) is 30.2 Å². The molecule has 0 aromatic heterocycles. The first-order chi connectivity index (χ1) is 11.4. The summed E-state index contributed by atoms with van der Waals surface area (Å²) in [6, 6.07) is 13.3. The van der Waals surface area contributed by atoms with Crippen LogP contribution in [0.15, 0.2) is 30.3 Å². The molecule has 130 valence electrons. The largest absolute Gasteiger partial charge is 0.313 e. The van der Waals surface area contributed by atoms with Gasteiger partial charge in [0.05, 0.1) is 12.3 Å². The Balaban J connectivity index is 1.55. The van der Waals surface area contributed by atoms with Crippen LogP contribution in [0.25, 0.3) is 0 Å². The van der Waals surface area contributed by atoms with Gasteiger partial charge in [-0.1, -0.05) is 30.3 Å². The molecule has 24 heavy (non-hydrogen) atoms. The van der Waals surface area contributed by atoms with Gasteiger partial charge in [0.2, 0.25) is 10.0 Å². The lowest BCUT2D eigenvalue weighted by Crippen LogP contribution is -2.47. The second-order valence-electron chi connectivity index (χ2n) is 7.24. The zero-order valence-electron chi connectivity index (χ0n) is 14.1. The molecule has 0 bridgehead atoms. The maximum absolute atomic E-state index is 11.7. The molecular formula is C18H25N3O2S. The first-order valence-corrected chi connectivity index (χ1v) is 10.4. The summed E-state index contributed by atoms with van der Waals surface area (Å²) in [6.07, 6.45) is 4.40. The normalized spacial score (nSPS) is 26.7. The zero-order valence-corrected chi connectivity index (χ0v) is 14.9. The SMILES string of the molecule is CS(=O)(=O)N1CCC(CC#N)(CN[C@@H]2C[C@H]2c2ccccc2)CC1. The molecule has 1 saturated carbocycles. The molecule has 1 aromatic rings. The van der Waals surface area contributed by atoms with Crippen LogP contribution >= 0.6 is 0 Å². The minimum absolute atomic E-state index is 0.0975. The Morgan fingerprint density at radius 2 is 1.96 bits per heavy atom. The summed E-state index contributed by atoms with van der Waals surface area (Å²) in [4.78, 5) is 0. The maximum atomic E-state index is 11.7. The van der Waals surface area contributed by atoms with Crippen molar-refractivity contribution in [2.45, 2.75) is 37.6 Å². The molecule has 0 radical (unpaired) electrons. The molecule has 3 rings (SSSR count). The van der Waals surface area contributed by atoms with E-state index in [1.165, 1.54) is 16.1 Å². The van der Waals surface area contributed by atoms with Crippen molar-refractivity contribution in [3.63, 3.8) is 0 Å². The fraction of sp³-hybridized carbons (Fsp3) is 0.611. The van der Waals surface area contributed by atoms with Gasteiger partial charge in [0.15, 0.2) is 0 Å². The fourth-order valence-corrected chi connectivity index (χ4v) is 4.56. The first-order valence-electron chi connectivity index (χ1n) is 8.54. The van der Waals surface area contributed by atoms with Crippen LogP contribution in [0, 0.1) is 16.7 Å². The predicted octanol–water partition coefficient (Wildman–Crippen LogP) is 2.09. The van der Waals surface area contributed by atoms with Crippen molar-refractivity contribution < 1.29 is 8.42 Å². The molecule has 1 aliphatic carbocycles. The third-order valence-corrected chi connectivity index (χ3v) is 6.77. The molecule has 0 amide bonds. The van der Waals surface area contributed by atoms with Crippen molar-refractivity contribution >= 4 is 10.0 Å². The number of nitrogens with zero attached hydrogens (tertiary/aromatic N) is 2. The zero-order chi connectivity index (χ0) is 17.2. The molecule has 2 fully saturated rings. The smallest absolute Gasteiger partial charge is 0.211 e. The quantitative estimate of drug-likeness (QED) is 0.855. The summed E-state index contributed by atoms with van der Waals surface area (Å²) in [5.41, 5.74) is 1.27. The molecule has 0 spiro atoms. The Labute approximate surface area is 144 Å². The van der Waals surface area contributed by atoms with Crippen LogP contribution in [0.4, 0.5) is 0 Å². The van der Waals surface area contributed by atoms with E-state index in [1.807, 2.05) is 6.07 Å². The van der Waals surface area contributed by atoms with Crippen LogP contribution in [0.1, 0.15) is 37.2 Å². The summed E-state index contributed by atoms with van der Waals surface area (Å²) < 4.78 is 24.9. The van der Waals surface area contributed by atoms with Gasteiger partial charge in [-0.3, -0.25) is 0 Å². The van der Waals surface area contributed by atoms with Gasteiger partial charge >= 0.3 is 0 Å². The average Bonchev–Trinajstić information content (AvgIpc) is 3.34. The van der Waals surface area contributed by atoms with Crippen molar-refractivity contribution in [3.8, 4) is 6.07 Å². The Hall–Kier alpha value is -1.42. The minimum Gasteiger partial charge on any atom is -0.313 e. The van der Waals surface area contributed by atoms with Crippen LogP contribution in [-0.4, -0.2) is 44.7 Å². The van der Waals surface area contributed by atoms with E-state index in [4.69, 9.17) is 0 Å². The molecule has 1 saturated heterocycles. The Morgan fingerprint density at radius 1 is 1.29 bits per heavy atom. The number of benzene rings is 1. The Kier molecular flexibility index (Phi) is 4.95. The predicted molar refractivity (Wildman–Crippen MR) is 93.9 cm³/mol. The summed E-state index contributed by atoms with van der Waals surface area (Å²) in [7, 11) is -3.12. The van der Waals surface area contributed by atoms with Crippen molar-refractivity contribution in [1.82, 2.24) is 9.62 Å². The molecule has 6 heteroatoms. The van der Waals surface area contributed by atoms with E-state index in [9.17, 15) is 13.7 Å². The topological polar surface area (TPSA) is 73.2 Å². The van der Waals surface area contributed by atoms with Gasteiger partial charge < -0.3 is 5.32 Å². The second-order valence-corrected chi connectivity index (χ2v) is 9.22. The summed E-state index contributed by atoms with van der Waals surface area (Å²) in [6.45, 7) is 1.84. The molecule has 2 aliphatic rings. The van der Waals surface area contributed by atoms with Crippen LogP contribution < -0.4 is 5.32 Å². The van der Waals surface area contributed by atoms with Crippen LogP contribution in [0.3, 0.4) is 0 Å². The monoisotopic (exact) mass is 347 g/mol. The van der Waals surface area contributed by atoms with E-state index < -0.39 is 10.0 Å². The van der Waals surface area contributed by atoms with Crippen molar-refractivity contribution in [3.05, 3.63) is 35.9 Å².